The smallest absolute Gasteiger partial charge is 0.0800 e. The first-order chi connectivity index (χ1) is 9.76. The number of hydrogen-bond acceptors (Lipinski definition) is 1. The van der Waals surface area contributed by atoms with Crippen LogP contribution in [0.1, 0.15) is 73.1 Å². The van der Waals surface area contributed by atoms with Crippen molar-refractivity contribution in [1.29, 1.82) is 0 Å². The fourth-order valence-electron chi connectivity index (χ4n) is 2.05. The minimum Gasteiger partial charge on any atom is -0.386 e. The highest BCUT2D eigenvalue weighted by Gasteiger charge is 2.13. The van der Waals surface area contributed by atoms with Crippen LogP contribution < -0.4 is 0 Å². The second kappa shape index (κ2) is 10.6. The van der Waals surface area contributed by atoms with Gasteiger partial charge in [0.2, 0.25) is 0 Å². The zero-order valence-electron chi connectivity index (χ0n) is 14.7. The zero-order chi connectivity index (χ0) is 16.3. The summed E-state index contributed by atoms with van der Waals surface area (Å²) < 4.78 is 0. The number of aliphatic hydroxyl groups is 1. The first-order valence-corrected chi connectivity index (χ1v) is 8.07. The molecule has 0 aliphatic carbocycles. The molecule has 0 spiro atoms. The minimum absolute atomic E-state index is 0.738. The van der Waals surface area contributed by atoms with Crippen molar-refractivity contribution < 1.29 is 5.11 Å². The Hall–Kier alpha value is -1.08. The van der Waals surface area contributed by atoms with Crippen LogP contribution in [0.5, 0.6) is 0 Å². The third kappa shape index (κ3) is 12.4. The Morgan fingerprint density at radius 3 is 1.86 bits per heavy atom. The molecule has 0 aliphatic rings. The van der Waals surface area contributed by atoms with E-state index in [1.54, 1.807) is 6.08 Å². The Morgan fingerprint density at radius 2 is 1.38 bits per heavy atom. The summed E-state index contributed by atoms with van der Waals surface area (Å²) in [6, 6.07) is 0. The molecular weight excluding hydrogens is 256 g/mol. The Kier molecular flexibility index (Phi) is 10.1. The highest BCUT2D eigenvalue weighted by Crippen LogP contribution is 2.16. The molecule has 0 aliphatic heterocycles. The van der Waals surface area contributed by atoms with E-state index in [0.29, 0.717) is 0 Å². The standard InChI is InChI=1S/C20H34O/c1-7-20(6,21)16-10-15-19(5)14-9-13-18(4)12-8-11-17(2)3/h7,11,13,15,21H,1,8-10,12,14,16H2,2-6H3/b18-13+,19-15-/t20-/m0/s1. The molecule has 120 valence electrons. The maximum atomic E-state index is 9.84. The van der Waals surface area contributed by atoms with E-state index in [1.165, 1.54) is 16.7 Å². The maximum Gasteiger partial charge on any atom is 0.0800 e. The van der Waals surface area contributed by atoms with Gasteiger partial charge in [0.25, 0.3) is 0 Å². The Morgan fingerprint density at radius 1 is 0.905 bits per heavy atom. The maximum absolute atomic E-state index is 9.84. The molecule has 21 heavy (non-hydrogen) atoms. The summed E-state index contributed by atoms with van der Waals surface area (Å²) >= 11 is 0. The van der Waals surface area contributed by atoms with Crippen LogP contribution >= 0.6 is 0 Å². The second-order valence-electron chi connectivity index (χ2n) is 6.56. The highest BCUT2D eigenvalue weighted by atomic mass is 16.3. The summed E-state index contributed by atoms with van der Waals surface area (Å²) in [7, 11) is 0. The van der Waals surface area contributed by atoms with Gasteiger partial charge < -0.3 is 5.11 Å². The summed E-state index contributed by atoms with van der Waals surface area (Å²) in [4.78, 5) is 0. The lowest BCUT2D eigenvalue weighted by molar-refractivity contribution is 0.103. The van der Waals surface area contributed by atoms with Crippen LogP contribution in [-0.4, -0.2) is 10.7 Å². The van der Waals surface area contributed by atoms with Crippen molar-refractivity contribution in [3.05, 3.63) is 47.6 Å². The van der Waals surface area contributed by atoms with E-state index in [9.17, 15) is 5.11 Å². The molecule has 0 saturated heterocycles. The molecule has 0 aromatic carbocycles. The van der Waals surface area contributed by atoms with E-state index in [-0.39, 0.29) is 0 Å². The van der Waals surface area contributed by atoms with Gasteiger partial charge in [0.15, 0.2) is 0 Å². The highest BCUT2D eigenvalue weighted by molar-refractivity contribution is 5.06. The minimum atomic E-state index is -0.738. The van der Waals surface area contributed by atoms with Gasteiger partial charge in [0.1, 0.15) is 0 Å². The molecule has 0 aromatic heterocycles. The largest absolute Gasteiger partial charge is 0.386 e. The molecule has 1 nitrogen and oxygen atoms in total. The molecule has 1 heteroatoms. The Bertz CT molecular complexity index is 390. The van der Waals surface area contributed by atoms with Gasteiger partial charge in [-0.15, -0.1) is 6.58 Å². The fourth-order valence-corrected chi connectivity index (χ4v) is 2.05. The molecule has 1 N–H and O–H groups in total. The van der Waals surface area contributed by atoms with Gasteiger partial charge in [0.05, 0.1) is 5.60 Å². The molecule has 0 aromatic rings. The van der Waals surface area contributed by atoms with Gasteiger partial charge in [-0.1, -0.05) is 41.0 Å². The van der Waals surface area contributed by atoms with Crippen LogP contribution in [0.4, 0.5) is 0 Å². The topological polar surface area (TPSA) is 20.2 Å². The third-order valence-electron chi connectivity index (χ3n) is 3.71. The molecular formula is C20H34O. The number of rotatable bonds is 10. The average molecular weight is 290 g/mol. The predicted octanol–water partition coefficient (Wildman–Crippen LogP) is 6.12. The summed E-state index contributed by atoms with van der Waals surface area (Å²) in [5, 5.41) is 9.84. The van der Waals surface area contributed by atoms with E-state index in [4.69, 9.17) is 0 Å². The Labute approximate surface area is 132 Å². The van der Waals surface area contributed by atoms with Crippen LogP contribution in [0.2, 0.25) is 0 Å². The molecule has 0 unspecified atom stereocenters. The van der Waals surface area contributed by atoms with Gasteiger partial charge >= 0.3 is 0 Å². The summed E-state index contributed by atoms with van der Waals surface area (Å²) in [6.45, 7) is 14.2. The van der Waals surface area contributed by atoms with Crippen LogP contribution in [0.25, 0.3) is 0 Å². The van der Waals surface area contributed by atoms with Gasteiger partial charge in [0, 0.05) is 0 Å². The van der Waals surface area contributed by atoms with Crippen LogP contribution in [0, 0.1) is 0 Å². The number of hydrogen-bond donors (Lipinski definition) is 1. The monoisotopic (exact) mass is 290 g/mol. The molecule has 0 amide bonds. The van der Waals surface area contributed by atoms with Crippen LogP contribution in [0.3, 0.4) is 0 Å². The molecule has 0 radical (unpaired) electrons. The molecule has 0 rings (SSSR count). The van der Waals surface area contributed by atoms with Crippen LogP contribution in [-0.2, 0) is 0 Å². The normalized spacial score (nSPS) is 15.5. The quantitative estimate of drug-likeness (QED) is 0.480. The third-order valence-corrected chi connectivity index (χ3v) is 3.71. The molecule has 1 atom stereocenters. The van der Waals surface area contributed by atoms with Crippen molar-refractivity contribution in [2.24, 2.45) is 0 Å². The van der Waals surface area contributed by atoms with E-state index in [2.05, 4.69) is 52.5 Å². The SMILES string of the molecule is C=C[C@](C)(O)CC/C=C(/C)CC/C=C(\C)CCC=C(C)C. The summed E-state index contributed by atoms with van der Waals surface area (Å²) in [5.74, 6) is 0. The van der Waals surface area contributed by atoms with Crippen molar-refractivity contribution in [3.63, 3.8) is 0 Å². The Balaban J connectivity index is 3.99. The summed E-state index contributed by atoms with van der Waals surface area (Å²) in [5.41, 5.74) is 3.55. The first-order valence-electron chi connectivity index (χ1n) is 8.07. The molecule has 0 bridgehead atoms. The lowest BCUT2D eigenvalue weighted by Gasteiger charge is -2.16. The lowest BCUT2D eigenvalue weighted by atomic mass is 9.99. The van der Waals surface area contributed by atoms with E-state index < -0.39 is 5.60 Å². The van der Waals surface area contributed by atoms with E-state index in [1.807, 2.05) is 6.92 Å². The van der Waals surface area contributed by atoms with Crippen molar-refractivity contribution in [2.75, 3.05) is 0 Å². The zero-order valence-corrected chi connectivity index (χ0v) is 14.7. The van der Waals surface area contributed by atoms with Crippen molar-refractivity contribution >= 4 is 0 Å². The number of allylic oxidation sites excluding steroid dienone is 6. The molecule has 0 fully saturated rings. The summed E-state index contributed by atoms with van der Waals surface area (Å²) in [6.07, 6.45) is 14.7. The average Bonchev–Trinajstić information content (AvgIpc) is 2.38. The van der Waals surface area contributed by atoms with Crippen LogP contribution in [0.15, 0.2) is 47.6 Å². The van der Waals surface area contributed by atoms with Gasteiger partial charge in [-0.05, 0) is 73.1 Å². The molecule has 0 heterocycles. The lowest BCUT2D eigenvalue weighted by Crippen LogP contribution is -2.19. The van der Waals surface area contributed by atoms with Crippen molar-refractivity contribution in [2.45, 2.75) is 78.7 Å². The predicted molar refractivity (Wildman–Crippen MR) is 95.5 cm³/mol. The first kappa shape index (κ1) is 19.9. The van der Waals surface area contributed by atoms with Gasteiger partial charge in [-0.3, -0.25) is 0 Å². The van der Waals surface area contributed by atoms with Crippen molar-refractivity contribution in [1.82, 2.24) is 0 Å². The van der Waals surface area contributed by atoms with Crippen molar-refractivity contribution in [3.8, 4) is 0 Å². The van der Waals surface area contributed by atoms with Gasteiger partial charge in [-0.25, -0.2) is 0 Å². The molecule has 0 saturated carbocycles. The van der Waals surface area contributed by atoms with E-state index in [0.717, 1.165) is 38.5 Å². The fraction of sp³-hybridized carbons (Fsp3) is 0.600. The van der Waals surface area contributed by atoms with Gasteiger partial charge in [-0.2, -0.15) is 0 Å². The van der Waals surface area contributed by atoms with E-state index >= 15 is 0 Å². The second-order valence-corrected chi connectivity index (χ2v) is 6.56.